The number of pyridine rings is 1. The molecule has 188 valence electrons. The molecule has 13 heteroatoms. The molecule has 4 N–H and O–H groups in total. The number of ether oxygens (including phenoxy) is 2. The third-order valence-corrected chi connectivity index (χ3v) is 7.38. The summed E-state index contributed by atoms with van der Waals surface area (Å²) >= 11 is 0. The highest BCUT2D eigenvalue weighted by Gasteiger charge is 2.33. The zero-order valence-corrected chi connectivity index (χ0v) is 20.2. The van der Waals surface area contributed by atoms with Crippen LogP contribution in [0, 0.1) is 0 Å². The first kappa shape index (κ1) is 24.7. The molecule has 1 atom stereocenters. The summed E-state index contributed by atoms with van der Waals surface area (Å²) in [6.07, 6.45) is 0.183. The molecule has 1 saturated heterocycles. The van der Waals surface area contributed by atoms with Gasteiger partial charge in [0.15, 0.2) is 5.75 Å². The SMILES string of the molecule is CC(C)(C)OC(=O)CNC1CCN(S(=O)(=O)c2ccc3[nH]c(=O)c4[nH]cc(OC(=O)O)c4c3c2)C1. The van der Waals surface area contributed by atoms with Crippen molar-refractivity contribution < 1.29 is 32.6 Å². The van der Waals surface area contributed by atoms with Gasteiger partial charge in [0.25, 0.3) is 5.56 Å². The number of H-pyrrole nitrogens is 2. The van der Waals surface area contributed by atoms with Crippen LogP contribution in [-0.4, -0.2) is 71.2 Å². The van der Waals surface area contributed by atoms with E-state index in [4.69, 9.17) is 14.6 Å². The highest BCUT2D eigenvalue weighted by molar-refractivity contribution is 7.89. The van der Waals surface area contributed by atoms with Crippen LogP contribution in [0.25, 0.3) is 21.8 Å². The number of aromatic amines is 2. The largest absolute Gasteiger partial charge is 0.511 e. The van der Waals surface area contributed by atoms with Crippen LogP contribution in [0.5, 0.6) is 5.75 Å². The molecule has 0 spiro atoms. The minimum absolute atomic E-state index is 0.0198. The molecule has 3 heterocycles. The van der Waals surface area contributed by atoms with Gasteiger partial charge >= 0.3 is 12.1 Å². The molecule has 2 aromatic heterocycles. The minimum Gasteiger partial charge on any atom is -0.459 e. The van der Waals surface area contributed by atoms with Crippen molar-refractivity contribution in [3.8, 4) is 5.75 Å². The van der Waals surface area contributed by atoms with E-state index in [9.17, 15) is 22.8 Å². The number of benzene rings is 1. The van der Waals surface area contributed by atoms with Gasteiger partial charge in [-0.1, -0.05) is 0 Å². The molecule has 1 aliphatic heterocycles. The second-order valence-corrected chi connectivity index (χ2v) is 11.2. The molecule has 1 unspecified atom stereocenters. The molecule has 12 nitrogen and oxygen atoms in total. The average Bonchev–Trinajstić information content (AvgIpc) is 3.39. The lowest BCUT2D eigenvalue weighted by Crippen LogP contribution is -2.39. The second-order valence-electron chi connectivity index (χ2n) is 9.25. The molecule has 35 heavy (non-hydrogen) atoms. The fourth-order valence-corrected chi connectivity index (χ4v) is 5.61. The van der Waals surface area contributed by atoms with E-state index in [-0.39, 0.29) is 47.2 Å². The Morgan fingerprint density at radius 2 is 2.03 bits per heavy atom. The number of esters is 1. The molecule has 1 aliphatic rings. The molecule has 0 saturated carbocycles. The number of rotatable bonds is 6. The van der Waals surface area contributed by atoms with Gasteiger partial charge in [-0.2, -0.15) is 4.31 Å². The number of hydrogen-bond acceptors (Lipinski definition) is 8. The smallest absolute Gasteiger partial charge is 0.459 e. The first-order chi connectivity index (χ1) is 16.3. The molecule has 0 radical (unpaired) electrons. The van der Waals surface area contributed by atoms with Crippen molar-refractivity contribution in [1.29, 1.82) is 0 Å². The van der Waals surface area contributed by atoms with Crippen LogP contribution in [-0.2, 0) is 19.6 Å². The average molecular weight is 507 g/mol. The Morgan fingerprint density at radius 1 is 1.29 bits per heavy atom. The van der Waals surface area contributed by atoms with Crippen LogP contribution >= 0.6 is 0 Å². The van der Waals surface area contributed by atoms with Crippen LogP contribution in [0.3, 0.4) is 0 Å². The summed E-state index contributed by atoms with van der Waals surface area (Å²) in [5.74, 6) is -0.525. The van der Waals surface area contributed by atoms with Crippen molar-refractivity contribution in [3.63, 3.8) is 0 Å². The zero-order chi connectivity index (χ0) is 25.5. The van der Waals surface area contributed by atoms with Gasteiger partial charge in [-0.3, -0.25) is 9.59 Å². The van der Waals surface area contributed by atoms with Gasteiger partial charge in [-0.15, -0.1) is 0 Å². The van der Waals surface area contributed by atoms with E-state index in [1.807, 2.05) is 0 Å². The number of fused-ring (bicyclic) bond motifs is 3. The molecule has 0 amide bonds. The van der Waals surface area contributed by atoms with Crippen LogP contribution in [0.15, 0.2) is 34.1 Å². The summed E-state index contributed by atoms with van der Waals surface area (Å²) < 4.78 is 38.1. The van der Waals surface area contributed by atoms with Crippen LogP contribution in [0.1, 0.15) is 27.2 Å². The Morgan fingerprint density at radius 3 is 2.71 bits per heavy atom. The standard InChI is InChI=1S/C22H26N4O8S/c1-22(2,3)34-17(27)10-23-12-6-7-26(11-12)35(31,32)13-4-5-15-14(8-13)18-16(33-21(29)30)9-24-19(18)20(28)25-15/h4-5,8-9,12,23-24H,6-7,10-11H2,1-3H3,(H,25,28)(H,29,30). The fourth-order valence-electron chi connectivity index (χ4n) is 4.08. The predicted octanol–water partition coefficient (Wildman–Crippen LogP) is 1.76. The van der Waals surface area contributed by atoms with Gasteiger partial charge in [0.2, 0.25) is 10.0 Å². The van der Waals surface area contributed by atoms with Gasteiger partial charge in [0.05, 0.1) is 16.8 Å². The summed E-state index contributed by atoms with van der Waals surface area (Å²) in [6.45, 7) is 5.70. The zero-order valence-electron chi connectivity index (χ0n) is 19.4. The monoisotopic (exact) mass is 506 g/mol. The topological polar surface area (TPSA) is 171 Å². The fraction of sp³-hybridized carbons (Fsp3) is 0.409. The Balaban J connectivity index is 1.59. The molecular formula is C22H26N4O8S. The number of aromatic nitrogens is 2. The summed E-state index contributed by atoms with van der Waals surface area (Å²) in [5, 5.41) is 12.5. The molecular weight excluding hydrogens is 480 g/mol. The summed E-state index contributed by atoms with van der Waals surface area (Å²) in [7, 11) is -3.91. The van der Waals surface area contributed by atoms with E-state index >= 15 is 0 Å². The molecule has 1 aromatic carbocycles. The quantitative estimate of drug-likeness (QED) is 0.364. The number of hydrogen-bond donors (Lipinski definition) is 4. The van der Waals surface area contributed by atoms with E-state index in [1.165, 1.54) is 28.7 Å². The Labute approximate surface area is 200 Å². The number of carboxylic acid groups (broad SMARTS) is 1. The van der Waals surface area contributed by atoms with Crippen LogP contribution in [0.2, 0.25) is 0 Å². The third kappa shape index (κ3) is 5.16. The van der Waals surface area contributed by atoms with E-state index in [2.05, 4.69) is 15.3 Å². The number of carbonyl (C=O) groups excluding carboxylic acids is 1. The predicted molar refractivity (Wildman–Crippen MR) is 126 cm³/mol. The van der Waals surface area contributed by atoms with Gasteiger partial charge in [-0.25, -0.2) is 13.2 Å². The molecule has 0 aliphatic carbocycles. The maximum Gasteiger partial charge on any atom is 0.511 e. The molecule has 0 bridgehead atoms. The van der Waals surface area contributed by atoms with E-state index in [0.717, 1.165) is 0 Å². The first-order valence-corrected chi connectivity index (χ1v) is 12.3. The summed E-state index contributed by atoms with van der Waals surface area (Å²) in [4.78, 5) is 40.7. The minimum atomic E-state index is -3.91. The summed E-state index contributed by atoms with van der Waals surface area (Å²) in [5.41, 5.74) is -0.711. The molecule has 4 rings (SSSR count). The number of nitrogens with one attached hydrogen (secondary N) is 3. The van der Waals surface area contributed by atoms with Crippen LogP contribution < -0.4 is 15.6 Å². The van der Waals surface area contributed by atoms with Gasteiger partial charge in [-0.05, 0) is 45.4 Å². The van der Waals surface area contributed by atoms with Crippen LogP contribution in [0.4, 0.5) is 4.79 Å². The van der Waals surface area contributed by atoms with Crippen molar-refractivity contribution in [3.05, 3.63) is 34.7 Å². The van der Waals surface area contributed by atoms with Gasteiger partial charge in [0.1, 0.15) is 11.1 Å². The van der Waals surface area contributed by atoms with Gasteiger partial charge in [0, 0.05) is 36.2 Å². The van der Waals surface area contributed by atoms with Crippen molar-refractivity contribution in [2.75, 3.05) is 19.6 Å². The highest BCUT2D eigenvalue weighted by atomic mass is 32.2. The Kier molecular flexibility index (Phi) is 6.34. The van der Waals surface area contributed by atoms with Crippen molar-refractivity contribution in [2.45, 2.75) is 43.7 Å². The highest BCUT2D eigenvalue weighted by Crippen LogP contribution is 2.32. The van der Waals surface area contributed by atoms with E-state index in [1.54, 1.807) is 20.8 Å². The maximum absolute atomic E-state index is 13.4. The first-order valence-electron chi connectivity index (χ1n) is 10.9. The Hall–Kier alpha value is -3.42. The number of carbonyl (C=O) groups is 2. The van der Waals surface area contributed by atoms with E-state index in [0.29, 0.717) is 17.3 Å². The van der Waals surface area contributed by atoms with Crippen molar-refractivity contribution >= 4 is 44.0 Å². The van der Waals surface area contributed by atoms with Crippen molar-refractivity contribution in [1.82, 2.24) is 19.6 Å². The normalized spacial score (nSPS) is 17.2. The van der Waals surface area contributed by atoms with Gasteiger partial charge < -0.3 is 29.9 Å². The number of nitrogens with zero attached hydrogens (tertiary/aromatic N) is 1. The lowest BCUT2D eigenvalue weighted by Gasteiger charge is -2.21. The molecule has 1 fully saturated rings. The maximum atomic E-state index is 13.4. The lowest BCUT2D eigenvalue weighted by atomic mass is 10.1. The third-order valence-electron chi connectivity index (χ3n) is 5.52. The lowest BCUT2D eigenvalue weighted by molar-refractivity contribution is -0.153. The number of sulfonamides is 1. The van der Waals surface area contributed by atoms with E-state index < -0.39 is 33.3 Å². The second kappa shape index (κ2) is 8.98. The summed E-state index contributed by atoms with van der Waals surface area (Å²) in [6, 6.07) is 3.99. The molecule has 3 aromatic rings. The van der Waals surface area contributed by atoms with Crippen molar-refractivity contribution in [2.24, 2.45) is 0 Å². The Bertz CT molecular complexity index is 1470.